The number of fused-ring (bicyclic) bond motifs is 12. The van der Waals surface area contributed by atoms with E-state index >= 15 is 4.57 Å². The van der Waals surface area contributed by atoms with Crippen LogP contribution < -0.4 is 15.9 Å². The molecule has 3 aliphatic rings. The lowest BCUT2D eigenvalue weighted by atomic mass is 9.70. The molecule has 8 aromatic rings. The van der Waals surface area contributed by atoms with E-state index < -0.39 is 12.6 Å². The summed E-state index contributed by atoms with van der Waals surface area (Å²) in [5.74, 6) is 0.979. The molecule has 50 heavy (non-hydrogen) atoms. The van der Waals surface area contributed by atoms with Gasteiger partial charge in [0.15, 0.2) is 7.14 Å². The van der Waals surface area contributed by atoms with Crippen molar-refractivity contribution in [1.82, 2.24) is 9.55 Å². The maximum absolute atomic E-state index is 15.7. The third-order valence-electron chi connectivity index (χ3n) is 11.4. The first-order valence-electron chi connectivity index (χ1n) is 17.4. The SMILES string of the molecule is CCc1nc2cccc3c2n1-c1cc(-c2ccc4c(c2)C2(c5ccccc5-c5ccccc52)c2ccccc2-4)ccc1P3(=O)c1ccccc1. The average Bonchev–Trinajstić information content (AvgIpc) is 3.81. The van der Waals surface area contributed by atoms with E-state index in [1.807, 2.05) is 48.5 Å². The number of imidazole rings is 1. The molecule has 0 radical (unpaired) electrons. The molecule has 11 rings (SSSR count). The summed E-state index contributed by atoms with van der Waals surface area (Å²) in [5.41, 5.74) is 15.1. The van der Waals surface area contributed by atoms with Crippen LogP contribution in [0.1, 0.15) is 35.0 Å². The van der Waals surface area contributed by atoms with Crippen LogP contribution in [0.2, 0.25) is 0 Å². The van der Waals surface area contributed by atoms with Gasteiger partial charge in [-0.1, -0.05) is 134 Å². The van der Waals surface area contributed by atoms with Gasteiger partial charge in [-0.15, -0.1) is 0 Å². The van der Waals surface area contributed by atoms with Crippen LogP contribution in [0.15, 0.2) is 158 Å². The van der Waals surface area contributed by atoms with Crippen molar-refractivity contribution in [2.24, 2.45) is 0 Å². The van der Waals surface area contributed by atoms with Gasteiger partial charge < -0.3 is 4.57 Å². The van der Waals surface area contributed by atoms with Crippen LogP contribution in [0, 0.1) is 0 Å². The highest BCUT2D eigenvalue weighted by Gasteiger charge is 2.51. The second-order valence-electron chi connectivity index (χ2n) is 13.7. The van der Waals surface area contributed by atoms with Gasteiger partial charge in [-0.2, -0.15) is 0 Å². The molecular formula is C46H31N2OP. The molecule has 0 N–H and O–H groups in total. The topological polar surface area (TPSA) is 34.9 Å². The zero-order valence-corrected chi connectivity index (χ0v) is 28.4. The lowest BCUT2D eigenvalue weighted by molar-refractivity contribution is 0.592. The normalized spacial score (nSPS) is 16.9. The van der Waals surface area contributed by atoms with E-state index in [0.717, 1.165) is 56.0 Å². The molecular weight excluding hydrogens is 627 g/mol. The summed E-state index contributed by atoms with van der Waals surface area (Å²) in [6, 6.07) is 56.5. The van der Waals surface area contributed by atoms with Crippen LogP contribution in [0.25, 0.3) is 50.1 Å². The number of aryl methyl sites for hydroxylation is 1. The average molecular weight is 659 g/mol. The quantitative estimate of drug-likeness (QED) is 0.177. The predicted octanol–water partition coefficient (Wildman–Crippen LogP) is 9.55. The number of hydrogen-bond donors (Lipinski definition) is 0. The van der Waals surface area contributed by atoms with Gasteiger partial charge >= 0.3 is 0 Å². The molecule has 0 bridgehead atoms. The minimum absolute atomic E-state index is 0.406. The molecule has 0 saturated carbocycles. The minimum atomic E-state index is -3.18. The van der Waals surface area contributed by atoms with E-state index in [0.29, 0.717) is 0 Å². The van der Waals surface area contributed by atoms with Crippen LogP contribution in [0.3, 0.4) is 0 Å². The Bertz CT molecular complexity index is 2730. The highest BCUT2D eigenvalue weighted by atomic mass is 31.2. The second-order valence-corrected chi connectivity index (χ2v) is 16.4. The van der Waals surface area contributed by atoms with Crippen molar-refractivity contribution < 1.29 is 4.57 Å². The van der Waals surface area contributed by atoms with Crippen molar-refractivity contribution >= 4 is 34.1 Å². The highest BCUT2D eigenvalue weighted by Crippen LogP contribution is 2.63. The van der Waals surface area contributed by atoms with Gasteiger partial charge in [-0.05, 0) is 86.0 Å². The van der Waals surface area contributed by atoms with E-state index in [1.165, 1.54) is 44.5 Å². The van der Waals surface area contributed by atoms with Crippen LogP contribution in [0.5, 0.6) is 0 Å². The Balaban J connectivity index is 1.18. The molecule has 0 saturated heterocycles. The first kappa shape index (κ1) is 28.1. The fourth-order valence-corrected chi connectivity index (χ4v) is 12.4. The highest BCUT2D eigenvalue weighted by molar-refractivity contribution is 7.86. The first-order valence-corrected chi connectivity index (χ1v) is 19.1. The minimum Gasteiger partial charge on any atom is -0.308 e. The van der Waals surface area contributed by atoms with Gasteiger partial charge in [0.05, 0.1) is 22.1 Å². The third-order valence-corrected chi connectivity index (χ3v) is 14.5. The lowest BCUT2D eigenvalue weighted by Crippen LogP contribution is -2.33. The maximum atomic E-state index is 15.7. The monoisotopic (exact) mass is 658 g/mol. The summed E-state index contributed by atoms with van der Waals surface area (Å²) >= 11 is 0. The molecule has 4 heteroatoms. The number of nitrogens with zero attached hydrogens (tertiary/aromatic N) is 2. The van der Waals surface area contributed by atoms with Gasteiger partial charge in [-0.25, -0.2) is 4.98 Å². The van der Waals surface area contributed by atoms with E-state index in [2.05, 4.69) is 121 Å². The summed E-state index contributed by atoms with van der Waals surface area (Å²) in [5, 5.41) is 2.58. The summed E-state index contributed by atoms with van der Waals surface area (Å²) in [6.07, 6.45) is 0.770. The fourth-order valence-electron chi connectivity index (χ4n) is 9.38. The molecule has 1 spiro atoms. The molecule has 1 aromatic heterocycles. The largest absolute Gasteiger partial charge is 0.308 e. The maximum Gasteiger partial charge on any atom is 0.175 e. The Morgan fingerprint density at radius 3 is 1.80 bits per heavy atom. The van der Waals surface area contributed by atoms with Gasteiger partial charge in [0.1, 0.15) is 5.82 Å². The second kappa shape index (κ2) is 9.91. The summed E-state index contributed by atoms with van der Waals surface area (Å²) in [7, 11) is -3.18. The van der Waals surface area contributed by atoms with Gasteiger partial charge in [0, 0.05) is 22.3 Å². The Labute approximate surface area is 290 Å². The molecule has 236 valence electrons. The van der Waals surface area contributed by atoms with Crippen molar-refractivity contribution in [2.45, 2.75) is 18.8 Å². The number of benzene rings is 7. The van der Waals surface area contributed by atoms with Crippen LogP contribution in [0.4, 0.5) is 0 Å². The van der Waals surface area contributed by atoms with Crippen molar-refractivity contribution in [3.8, 4) is 39.1 Å². The van der Waals surface area contributed by atoms with Crippen molar-refractivity contribution in [1.29, 1.82) is 0 Å². The zero-order valence-electron chi connectivity index (χ0n) is 27.5. The number of para-hydroxylation sites is 1. The molecule has 2 heterocycles. The van der Waals surface area contributed by atoms with Crippen LogP contribution in [-0.4, -0.2) is 9.55 Å². The molecule has 1 unspecified atom stereocenters. The Morgan fingerprint density at radius 1 is 0.560 bits per heavy atom. The standard InChI is InChI=1S/C46H31N2OP/c1-2-44-47-40-21-12-22-43-45(40)48(44)41-28-30(24-26-42(41)50(43,49)31-13-4-3-5-14-31)29-23-25-35-34-17-8-11-20-38(34)46(39(35)27-29)36-18-9-6-15-32(36)33-16-7-10-19-37(33)46/h3-28H,2H2,1H3. The van der Waals surface area contributed by atoms with Crippen molar-refractivity contribution in [3.63, 3.8) is 0 Å². The smallest absolute Gasteiger partial charge is 0.175 e. The van der Waals surface area contributed by atoms with E-state index in [-0.39, 0.29) is 0 Å². The molecule has 3 nitrogen and oxygen atoms in total. The van der Waals surface area contributed by atoms with Crippen molar-refractivity contribution in [2.75, 3.05) is 0 Å². The molecule has 2 aliphatic carbocycles. The van der Waals surface area contributed by atoms with Crippen LogP contribution >= 0.6 is 7.14 Å². The molecule has 1 aliphatic heterocycles. The van der Waals surface area contributed by atoms with Gasteiger partial charge in [0.2, 0.25) is 0 Å². The summed E-state index contributed by atoms with van der Waals surface area (Å²) in [4.78, 5) is 5.07. The first-order chi connectivity index (χ1) is 24.6. The van der Waals surface area contributed by atoms with E-state index in [1.54, 1.807) is 0 Å². The van der Waals surface area contributed by atoms with Gasteiger partial charge in [0.25, 0.3) is 0 Å². The Morgan fingerprint density at radius 2 is 1.14 bits per heavy atom. The number of hydrogen-bond acceptors (Lipinski definition) is 2. The van der Waals surface area contributed by atoms with E-state index in [9.17, 15) is 0 Å². The molecule has 7 aromatic carbocycles. The molecule has 0 fully saturated rings. The van der Waals surface area contributed by atoms with E-state index in [4.69, 9.17) is 4.98 Å². The predicted molar refractivity (Wildman–Crippen MR) is 205 cm³/mol. The summed E-state index contributed by atoms with van der Waals surface area (Å²) in [6.45, 7) is 2.15. The Hall–Kier alpha value is -5.76. The third kappa shape index (κ3) is 3.31. The lowest BCUT2D eigenvalue weighted by Gasteiger charge is -2.31. The van der Waals surface area contributed by atoms with Crippen LogP contribution in [-0.2, 0) is 16.4 Å². The molecule has 0 amide bonds. The number of aromatic nitrogens is 2. The fraction of sp³-hybridized carbons (Fsp3) is 0.0652. The Kier molecular flexibility index (Phi) is 5.57. The number of rotatable bonds is 3. The molecule has 1 atom stereocenters. The van der Waals surface area contributed by atoms with Gasteiger partial charge in [-0.3, -0.25) is 4.57 Å². The van der Waals surface area contributed by atoms with Crippen molar-refractivity contribution in [3.05, 3.63) is 186 Å². The zero-order chi connectivity index (χ0) is 33.2. The summed E-state index contributed by atoms with van der Waals surface area (Å²) < 4.78 is 17.9.